The van der Waals surface area contributed by atoms with Gasteiger partial charge in [0.15, 0.2) is 0 Å². The predicted molar refractivity (Wildman–Crippen MR) is 65.6 cm³/mol. The maximum atomic E-state index is 10.1. The van der Waals surface area contributed by atoms with Gasteiger partial charge in [-0.1, -0.05) is 36.4 Å². The summed E-state index contributed by atoms with van der Waals surface area (Å²) in [6.07, 6.45) is 2.26. The number of nitrogens with zero attached hydrogens (tertiary/aromatic N) is 1. The van der Waals surface area contributed by atoms with Crippen molar-refractivity contribution in [2.75, 3.05) is 6.61 Å². The molecule has 0 fully saturated rings. The van der Waals surface area contributed by atoms with E-state index in [4.69, 9.17) is 4.74 Å². The quantitative estimate of drug-likeness (QED) is 0.598. The van der Waals surface area contributed by atoms with Crippen molar-refractivity contribution in [3.63, 3.8) is 0 Å². The van der Waals surface area contributed by atoms with Gasteiger partial charge in [-0.05, 0) is 11.5 Å². The maximum Gasteiger partial charge on any atom is 0.233 e. The first-order chi connectivity index (χ1) is 8.27. The average molecular weight is 229 g/mol. The second kappa shape index (κ2) is 5.12. The summed E-state index contributed by atoms with van der Waals surface area (Å²) in [6, 6.07) is 13.6. The summed E-state index contributed by atoms with van der Waals surface area (Å²) in [7, 11) is 0. The number of hydrogen-bond donors (Lipinski definition) is 0. The van der Waals surface area contributed by atoms with E-state index in [0.29, 0.717) is 0 Å². The van der Waals surface area contributed by atoms with Crippen LogP contribution in [0.15, 0.2) is 54.7 Å². The lowest BCUT2D eigenvalue weighted by Gasteiger charge is -2.06. The lowest BCUT2D eigenvalue weighted by Crippen LogP contribution is -1.95. The monoisotopic (exact) mass is 229 g/mol. The fraction of sp³-hybridized carbons (Fsp3) is 0.0769. The Labute approximate surface area is 98.3 Å². The molecule has 2 aromatic rings. The van der Waals surface area contributed by atoms with E-state index >= 15 is 0 Å². The van der Waals surface area contributed by atoms with Crippen LogP contribution in [0.25, 0.3) is 10.8 Å². The van der Waals surface area contributed by atoms with E-state index < -0.39 is 4.92 Å². The second-order valence-electron chi connectivity index (χ2n) is 3.46. The van der Waals surface area contributed by atoms with Crippen LogP contribution in [-0.4, -0.2) is 11.5 Å². The maximum absolute atomic E-state index is 10.1. The van der Waals surface area contributed by atoms with Gasteiger partial charge < -0.3 is 4.74 Å². The van der Waals surface area contributed by atoms with Gasteiger partial charge >= 0.3 is 0 Å². The molecule has 2 aromatic carbocycles. The fourth-order valence-corrected chi connectivity index (χ4v) is 1.59. The number of fused-ring (bicyclic) bond motifs is 1. The van der Waals surface area contributed by atoms with Gasteiger partial charge in [-0.3, -0.25) is 10.1 Å². The smallest absolute Gasteiger partial charge is 0.233 e. The summed E-state index contributed by atoms with van der Waals surface area (Å²) in [5.41, 5.74) is 0. The van der Waals surface area contributed by atoms with Gasteiger partial charge in [-0.25, -0.2) is 0 Å². The van der Waals surface area contributed by atoms with E-state index in [-0.39, 0.29) is 6.61 Å². The van der Waals surface area contributed by atoms with E-state index in [1.54, 1.807) is 0 Å². The van der Waals surface area contributed by atoms with Crippen molar-refractivity contribution in [3.05, 3.63) is 64.9 Å². The molecule has 86 valence electrons. The lowest BCUT2D eigenvalue weighted by atomic mass is 10.1. The molecule has 0 N–H and O–H groups in total. The largest absolute Gasteiger partial charge is 0.489 e. The number of ether oxygens (including phenoxy) is 1. The Morgan fingerprint density at radius 3 is 2.76 bits per heavy atom. The Morgan fingerprint density at radius 1 is 1.18 bits per heavy atom. The summed E-state index contributed by atoms with van der Waals surface area (Å²) in [4.78, 5) is 9.58. The van der Waals surface area contributed by atoms with Crippen molar-refractivity contribution >= 4 is 10.8 Å². The number of benzene rings is 2. The van der Waals surface area contributed by atoms with Gasteiger partial charge in [0.05, 0.1) is 4.92 Å². The lowest BCUT2D eigenvalue weighted by molar-refractivity contribution is -0.402. The Kier molecular flexibility index (Phi) is 3.35. The highest BCUT2D eigenvalue weighted by Gasteiger charge is 1.99. The molecule has 0 saturated heterocycles. The molecule has 0 unspecified atom stereocenters. The van der Waals surface area contributed by atoms with Gasteiger partial charge in [-0.2, -0.15) is 0 Å². The van der Waals surface area contributed by atoms with Crippen molar-refractivity contribution in [3.8, 4) is 5.75 Å². The van der Waals surface area contributed by atoms with Gasteiger partial charge in [-0.15, -0.1) is 0 Å². The molecule has 2 rings (SSSR count). The molecule has 0 spiro atoms. The fourth-order valence-electron chi connectivity index (χ4n) is 1.59. The molecule has 0 aliphatic rings. The highest BCUT2D eigenvalue weighted by atomic mass is 16.6. The van der Waals surface area contributed by atoms with Crippen molar-refractivity contribution in [2.45, 2.75) is 0 Å². The minimum atomic E-state index is -0.507. The molecular weight excluding hydrogens is 218 g/mol. The minimum absolute atomic E-state index is 0.189. The molecule has 0 aliphatic carbocycles. The zero-order valence-corrected chi connectivity index (χ0v) is 9.08. The number of nitro groups is 1. The van der Waals surface area contributed by atoms with Crippen LogP contribution >= 0.6 is 0 Å². The molecular formula is C13H11NO3. The average Bonchev–Trinajstić information content (AvgIpc) is 2.34. The molecule has 0 aromatic heterocycles. The van der Waals surface area contributed by atoms with Crippen molar-refractivity contribution in [1.29, 1.82) is 0 Å². The summed E-state index contributed by atoms with van der Waals surface area (Å²) in [5.74, 6) is 0.732. The Hall–Kier alpha value is -2.36. The van der Waals surface area contributed by atoms with Crippen LogP contribution in [0.2, 0.25) is 0 Å². The molecule has 0 radical (unpaired) electrons. The Bertz CT molecular complexity index is 558. The number of hydrogen-bond acceptors (Lipinski definition) is 3. The van der Waals surface area contributed by atoms with Crippen LogP contribution < -0.4 is 4.74 Å². The number of rotatable bonds is 4. The normalized spacial score (nSPS) is 10.8. The van der Waals surface area contributed by atoms with E-state index in [1.165, 1.54) is 6.08 Å². The van der Waals surface area contributed by atoms with Crippen LogP contribution in [0.4, 0.5) is 0 Å². The van der Waals surface area contributed by atoms with Gasteiger partial charge in [0.2, 0.25) is 6.20 Å². The van der Waals surface area contributed by atoms with E-state index in [9.17, 15) is 10.1 Å². The summed E-state index contributed by atoms with van der Waals surface area (Å²) < 4.78 is 5.48. The summed E-state index contributed by atoms with van der Waals surface area (Å²) in [5, 5.41) is 12.2. The van der Waals surface area contributed by atoms with E-state index in [1.807, 2.05) is 42.5 Å². The van der Waals surface area contributed by atoms with Crippen LogP contribution in [-0.2, 0) is 0 Å². The van der Waals surface area contributed by atoms with Crippen molar-refractivity contribution in [2.24, 2.45) is 0 Å². The van der Waals surface area contributed by atoms with Crippen molar-refractivity contribution < 1.29 is 9.66 Å². The molecule has 0 heterocycles. The molecule has 0 amide bonds. The first-order valence-corrected chi connectivity index (χ1v) is 5.18. The van der Waals surface area contributed by atoms with Crippen LogP contribution in [0.3, 0.4) is 0 Å². The van der Waals surface area contributed by atoms with Crippen LogP contribution in [0, 0.1) is 10.1 Å². The Balaban J connectivity index is 2.16. The standard InChI is InChI=1S/C13H11NO3/c15-14(16)9-4-10-17-13-8-3-6-11-5-1-2-7-12(11)13/h1-9H,10H2/b9-4+. The molecule has 4 nitrogen and oxygen atoms in total. The van der Waals surface area contributed by atoms with Gasteiger partial charge in [0.25, 0.3) is 0 Å². The second-order valence-corrected chi connectivity index (χ2v) is 3.46. The van der Waals surface area contributed by atoms with E-state index in [2.05, 4.69) is 0 Å². The first-order valence-electron chi connectivity index (χ1n) is 5.18. The predicted octanol–water partition coefficient (Wildman–Crippen LogP) is 3.01. The highest BCUT2D eigenvalue weighted by Crippen LogP contribution is 2.24. The summed E-state index contributed by atoms with van der Waals surface area (Å²) >= 11 is 0. The first kappa shape index (κ1) is 11.1. The molecule has 0 atom stereocenters. The third kappa shape index (κ3) is 2.81. The molecule has 0 aliphatic heterocycles. The molecule has 0 bridgehead atoms. The van der Waals surface area contributed by atoms with Gasteiger partial charge in [0.1, 0.15) is 12.4 Å². The van der Waals surface area contributed by atoms with Crippen molar-refractivity contribution in [1.82, 2.24) is 0 Å². The van der Waals surface area contributed by atoms with Crippen LogP contribution in [0.5, 0.6) is 5.75 Å². The third-order valence-electron chi connectivity index (χ3n) is 2.31. The van der Waals surface area contributed by atoms with Crippen LogP contribution in [0.1, 0.15) is 0 Å². The zero-order chi connectivity index (χ0) is 12.1. The van der Waals surface area contributed by atoms with E-state index in [0.717, 1.165) is 22.7 Å². The van der Waals surface area contributed by atoms with Gasteiger partial charge in [0, 0.05) is 11.5 Å². The minimum Gasteiger partial charge on any atom is -0.489 e. The SMILES string of the molecule is O=[N+]([O-])/C=C/COc1cccc2ccccc12. The molecule has 17 heavy (non-hydrogen) atoms. The third-order valence-corrected chi connectivity index (χ3v) is 2.31. The Morgan fingerprint density at radius 2 is 1.94 bits per heavy atom. The summed E-state index contributed by atoms with van der Waals surface area (Å²) in [6.45, 7) is 0.189. The topological polar surface area (TPSA) is 52.4 Å². The zero-order valence-electron chi connectivity index (χ0n) is 9.08. The highest BCUT2D eigenvalue weighted by molar-refractivity contribution is 5.88. The molecule has 4 heteroatoms. The molecule has 0 saturated carbocycles.